The van der Waals surface area contributed by atoms with Crippen LogP contribution in [0.1, 0.15) is 31.9 Å². The van der Waals surface area contributed by atoms with E-state index in [0.29, 0.717) is 0 Å². The van der Waals surface area contributed by atoms with E-state index >= 15 is 0 Å². The Morgan fingerprint density at radius 2 is 1.93 bits per heavy atom. The summed E-state index contributed by atoms with van der Waals surface area (Å²) in [5.74, 6) is 6.11. The summed E-state index contributed by atoms with van der Waals surface area (Å²) < 4.78 is 0. The molecule has 0 saturated carbocycles. The van der Waals surface area contributed by atoms with Crippen LogP contribution in [0.2, 0.25) is 0 Å². The summed E-state index contributed by atoms with van der Waals surface area (Å²) >= 11 is 0. The summed E-state index contributed by atoms with van der Waals surface area (Å²) in [5, 5.41) is 9.58. The van der Waals surface area contributed by atoms with Crippen LogP contribution in [-0.2, 0) is 6.42 Å². The zero-order valence-corrected chi connectivity index (χ0v) is 9.62. The normalized spacial score (nSPS) is 12.1. The van der Waals surface area contributed by atoms with Gasteiger partial charge in [0.2, 0.25) is 0 Å². The third-order valence-electron chi connectivity index (χ3n) is 2.38. The molecular formula is C14H18O. The minimum atomic E-state index is -0.532. The third kappa shape index (κ3) is 3.42. The predicted octanol–water partition coefficient (Wildman–Crippen LogP) is 2.62. The average molecular weight is 202 g/mol. The van der Waals surface area contributed by atoms with Gasteiger partial charge in [0.05, 0.1) is 0 Å². The number of benzene rings is 1. The topological polar surface area (TPSA) is 20.2 Å². The Morgan fingerprint density at radius 1 is 1.27 bits per heavy atom. The minimum Gasteiger partial charge on any atom is -0.380 e. The lowest BCUT2D eigenvalue weighted by Gasteiger charge is -2.06. The van der Waals surface area contributed by atoms with Crippen molar-refractivity contribution in [3.8, 4) is 11.8 Å². The van der Waals surface area contributed by atoms with E-state index in [1.807, 2.05) is 32.0 Å². The number of hydrogen-bond acceptors (Lipinski definition) is 1. The Hall–Kier alpha value is -1.26. The number of aliphatic hydroxyl groups excluding tert-OH is 1. The molecule has 0 fully saturated rings. The first-order valence-electron chi connectivity index (χ1n) is 5.42. The number of aliphatic hydroxyl groups is 1. The maximum absolute atomic E-state index is 9.58. The van der Waals surface area contributed by atoms with E-state index in [1.165, 1.54) is 5.56 Å². The van der Waals surface area contributed by atoms with Crippen LogP contribution in [-0.4, -0.2) is 11.2 Å². The Morgan fingerprint density at radius 3 is 2.53 bits per heavy atom. The molecular weight excluding hydrogens is 184 g/mol. The lowest BCUT2D eigenvalue weighted by molar-refractivity contribution is 0.181. The number of hydrogen-bond donors (Lipinski definition) is 1. The van der Waals surface area contributed by atoms with Crippen molar-refractivity contribution in [3.05, 3.63) is 35.4 Å². The molecule has 0 aliphatic carbocycles. The highest BCUT2D eigenvalue weighted by molar-refractivity contribution is 5.41. The van der Waals surface area contributed by atoms with E-state index in [9.17, 15) is 5.11 Å². The van der Waals surface area contributed by atoms with Crippen molar-refractivity contribution in [1.29, 1.82) is 0 Å². The van der Waals surface area contributed by atoms with Gasteiger partial charge in [-0.3, -0.25) is 0 Å². The van der Waals surface area contributed by atoms with Crippen molar-refractivity contribution in [2.75, 3.05) is 0 Å². The summed E-state index contributed by atoms with van der Waals surface area (Å²) in [5.41, 5.74) is 2.26. The number of aryl methyl sites for hydroxylation is 1. The van der Waals surface area contributed by atoms with Gasteiger partial charge in [-0.2, -0.15) is 0 Å². The Labute approximate surface area is 92.1 Å². The molecule has 1 aromatic rings. The molecule has 80 valence electrons. The molecule has 0 aliphatic rings. The van der Waals surface area contributed by atoms with Gasteiger partial charge < -0.3 is 5.11 Å². The number of rotatable bonds is 2. The molecule has 0 radical (unpaired) electrons. The Bertz CT molecular complexity index is 368. The lowest BCUT2D eigenvalue weighted by Crippen LogP contribution is -2.11. The van der Waals surface area contributed by atoms with Crippen LogP contribution in [0.15, 0.2) is 24.3 Å². The molecule has 1 rings (SSSR count). The van der Waals surface area contributed by atoms with Crippen molar-refractivity contribution < 1.29 is 5.11 Å². The van der Waals surface area contributed by atoms with Crippen LogP contribution in [0, 0.1) is 17.8 Å². The molecule has 0 saturated heterocycles. The highest BCUT2D eigenvalue weighted by Crippen LogP contribution is 2.08. The third-order valence-corrected chi connectivity index (χ3v) is 2.38. The average Bonchev–Trinajstić information content (AvgIpc) is 2.26. The molecule has 1 unspecified atom stereocenters. The van der Waals surface area contributed by atoms with Crippen LogP contribution in [0.4, 0.5) is 0 Å². The summed E-state index contributed by atoms with van der Waals surface area (Å²) in [6.07, 6.45) is 0.442. The molecule has 1 nitrogen and oxygen atoms in total. The first kappa shape index (κ1) is 11.8. The molecule has 0 aliphatic heterocycles. The molecule has 15 heavy (non-hydrogen) atoms. The van der Waals surface area contributed by atoms with E-state index in [0.717, 1.165) is 12.0 Å². The molecule has 0 spiro atoms. The van der Waals surface area contributed by atoms with Crippen LogP contribution in [0.25, 0.3) is 0 Å². The van der Waals surface area contributed by atoms with Crippen molar-refractivity contribution in [1.82, 2.24) is 0 Å². The summed E-state index contributed by atoms with van der Waals surface area (Å²) in [4.78, 5) is 0. The smallest absolute Gasteiger partial charge is 0.117 e. The SMILES string of the molecule is CCc1ccccc1C#CC(O)C(C)C. The zero-order chi connectivity index (χ0) is 11.3. The Kier molecular flexibility index (Phi) is 4.39. The van der Waals surface area contributed by atoms with E-state index in [2.05, 4.69) is 24.8 Å². The van der Waals surface area contributed by atoms with Crippen LogP contribution in [0.5, 0.6) is 0 Å². The van der Waals surface area contributed by atoms with Crippen molar-refractivity contribution >= 4 is 0 Å². The predicted molar refractivity (Wildman–Crippen MR) is 63.5 cm³/mol. The second kappa shape index (κ2) is 5.58. The summed E-state index contributed by atoms with van der Waals surface area (Å²) in [6, 6.07) is 8.07. The molecule has 0 aromatic heterocycles. The van der Waals surface area contributed by atoms with Crippen molar-refractivity contribution in [2.24, 2.45) is 5.92 Å². The van der Waals surface area contributed by atoms with Gasteiger partial charge in [-0.25, -0.2) is 0 Å². The van der Waals surface area contributed by atoms with Gasteiger partial charge in [-0.15, -0.1) is 0 Å². The molecule has 1 aromatic carbocycles. The molecule has 1 N–H and O–H groups in total. The quantitative estimate of drug-likeness (QED) is 0.731. The van der Waals surface area contributed by atoms with Crippen LogP contribution < -0.4 is 0 Å². The van der Waals surface area contributed by atoms with Gasteiger partial charge >= 0.3 is 0 Å². The Balaban J connectivity index is 2.88. The van der Waals surface area contributed by atoms with Gasteiger partial charge in [0.1, 0.15) is 6.10 Å². The summed E-state index contributed by atoms with van der Waals surface area (Å²) in [6.45, 7) is 6.04. The molecule has 0 amide bonds. The second-order valence-corrected chi connectivity index (χ2v) is 3.97. The first-order chi connectivity index (χ1) is 7.15. The van der Waals surface area contributed by atoms with E-state index in [1.54, 1.807) is 0 Å². The zero-order valence-electron chi connectivity index (χ0n) is 9.62. The maximum atomic E-state index is 9.58. The second-order valence-electron chi connectivity index (χ2n) is 3.97. The van der Waals surface area contributed by atoms with Gasteiger partial charge in [0.15, 0.2) is 0 Å². The fourth-order valence-electron chi connectivity index (χ4n) is 1.27. The maximum Gasteiger partial charge on any atom is 0.117 e. The fourth-order valence-corrected chi connectivity index (χ4v) is 1.27. The van der Waals surface area contributed by atoms with E-state index in [4.69, 9.17) is 0 Å². The first-order valence-corrected chi connectivity index (χ1v) is 5.42. The van der Waals surface area contributed by atoms with Gasteiger partial charge in [-0.05, 0) is 24.0 Å². The molecule has 1 atom stereocenters. The molecule has 0 bridgehead atoms. The van der Waals surface area contributed by atoms with Crippen molar-refractivity contribution in [3.63, 3.8) is 0 Å². The van der Waals surface area contributed by atoms with Crippen LogP contribution >= 0.6 is 0 Å². The highest BCUT2D eigenvalue weighted by Gasteiger charge is 2.04. The highest BCUT2D eigenvalue weighted by atomic mass is 16.3. The van der Waals surface area contributed by atoms with Gasteiger partial charge in [0, 0.05) is 5.56 Å². The van der Waals surface area contributed by atoms with E-state index < -0.39 is 6.10 Å². The molecule has 0 heterocycles. The fraction of sp³-hybridized carbons (Fsp3) is 0.429. The summed E-state index contributed by atoms with van der Waals surface area (Å²) in [7, 11) is 0. The van der Waals surface area contributed by atoms with E-state index in [-0.39, 0.29) is 5.92 Å². The van der Waals surface area contributed by atoms with Gasteiger partial charge in [-0.1, -0.05) is 50.8 Å². The minimum absolute atomic E-state index is 0.186. The lowest BCUT2D eigenvalue weighted by atomic mass is 10.0. The largest absolute Gasteiger partial charge is 0.380 e. The standard InChI is InChI=1S/C14H18O/c1-4-12-7-5-6-8-13(12)9-10-14(15)11(2)3/h5-8,11,14-15H,4H2,1-3H3. The van der Waals surface area contributed by atoms with Gasteiger partial charge in [0.25, 0.3) is 0 Å². The molecule has 1 heteroatoms. The van der Waals surface area contributed by atoms with Crippen LogP contribution in [0.3, 0.4) is 0 Å². The monoisotopic (exact) mass is 202 g/mol. The van der Waals surface area contributed by atoms with Crippen molar-refractivity contribution in [2.45, 2.75) is 33.3 Å².